The Kier molecular flexibility index (Phi) is 5.10. The molecule has 1 heterocycles. The smallest absolute Gasteiger partial charge is 0.259 e. The molecule has 1 fully saturated rings. The molecule has 20 heavy (non-hydrogen) atoms. The molecule has 1 aliphatic heterocycles. The molecule has 2 rings (SSSR count). The van der Waals surface area contributed by atoms with Crippen molar-refractivity contribution in [3.05, 3.63) is 33.8 Å². The molecule has 3 nitrogen and oxygen atoms in total. The lowest BCUT2D eigenvalue weighted by molar-refractivity contribution is 0.0562. The summed E-state index contributed by atoms with van der Waals surface area (Å²) in [5, 5.41) is 0. The zero-order chi connectivity index (χ0) is 14.7. The van der Waals surface area contributed by atoms with Crippen molar-refractivity contribution < 1.29 is 18.3 Å². The molecular formula is C14H16BrF2NO2. The molecule has 1 saturated heterocycles. The molecule has 0 aromatic heterocycles. The van der Waals surface area contributed by atoms with Crippen molar-refractivity contribution in [2.75, 3.05) is 26.8 Å². The zero-order valence-electron chi connectivity index (χ0n) is 11.2. The standard InChI is InChI=1S/C14H16BrF2NO2/c1-20-8-9-3-2-4-18(7-9)14(19)13-11(16)5-10(15)6-12(13)17/h5-6,9H,2-4,7-8H2,1H3. The lowest BCUT2D eigenvalue weighted by atomic mass is 9.98. The van der Waals surface area contributed by atoms with Gasteiger partial charge in [-0.25, -0.2) is 8.78 Å². The van der Waals surface area contributed by atoms with Crippen LogP contribution < -0.4 is 0 Å². The van der Waals surface area contributed by atoms with Crippen molar-refractivity contribution in [2.24, 2.45) is 5.92 Å². The minimum absolute atomic E-state index is 0.222. The van der Waals surface area contributed by atoms with Crippen LogP contribution in [0, 0.1) is 17.6 Å². The summed E-state index contributed by atoms with van der Waals surface area (Å²) in [6.07, 6.45) is 1.78. The number of carbonyl (C=O) groups is 1. The molecule has 0 aliphatic carbocycles. The number of rotatable bonds is 3. The summed E-state index contributed by atoms with van der Waals surface area (Å²) in [6.45, 7) is 1.55. The summed E-state index contributed by atoms with van der Waals surface area (Å²) in [5.74, 6) is -2.04. The van der Waals surface area contributed by atoms with Gasteiger partial charge in [0.2, 0.25) is 0 Å². The average molecular weight is 348 g/mol. The Balaban J connectivity index is 2.19. The van der Waals surface area contributed by atoms with Gasteiger partial charge in [-0.3, -0.25) is 4.79 Å². The number of ether oxygens (including phenoxy) is 1. The van der Waals surface area contributed by atoms with Gasteiger partial charge in [-0.1, -0.05) is 15.9 Å². The number of hydrogen-bond acceptors (Lipinski definition) is 2. The van der Waals surface area contributed by atoms with Gasteiger partial charge in [-0.15, -0.1) is 0 Å². The van der Waals surface area contributed by atoms with Crippen LogP contribution in [-0.2, 0) is 4.74 Å². The number of methoxy groups -OCH3 is 1. The molecule has 0 radical (unpaired) electrons. The van der Waals surface area contributed by atoms with E-state index in [1.807, 2.05) is 0 Å². The second-order valence-corrected chi connectivity index (χ2v) is 5.87. The summed E-state index contributed by atoms with van der Waals surface area (Å²) >= 11 is 3.00. The Bertz CT molecular complexity index is 485. The number of piperidine rings is 1. The number of benzene rings is 1. The van der Waals surface area contributed by atoms with E-state index in [0.29, 0.717) is 19.7 Å². The topological polar surface area (TPSA) is 29.5 Å². The normalized spacial score (nSPS) is 19.2. The monoisotopic (exact) mass is 347 g/mol. The highest BCUT2D eigenvalue weighted by Crippen LogP contribution is 2.24. The van der Waals surface area contributed by atoms with Crippen LogP contribution in [-0.4, -0.2) is 37.6 Å². The SMILES string of the molecule is COCC1CCCN(C(=O)c2c(F)cc(Br)cc2F)C1. The van der Waals surface area contributed by atoms with Gasteiger partial charge in [-0.2, -0.15) is 0 Å². The molecule has 1 amide bonds. The molecule has 0 saturated carbocycles. The highest BCUT2D eigenvalue weighted by molar-refractivity contribution is 9.10. The maximum absolute atomic E-state index is 13.8. The third kappa shape index (κ3) is 3.35. The quantitative estimate of drug-likeness (QED) is 0.840. The maximum Gasteiger partial charge on any atom is 0.259 e. The van der Waals surface area contributed by atoms with Crippen molar-refractivity contribution in [3.63, 3.8) is 0 Å². The van der Waals surface area contributed by atoms with Gasteiger partial charge < -0.3 is 9.64 Å². The summed E-state index contributed by atoms with van der Waals surface area (Å²) in [7, 11) is 1.61. The predicted molar refractivity (Wildman–Crippen MR) is 74.6 cm³/mol. The van der Waals surface area contributed by atoms with Gasteiger partial charge in [0.05, 0.1) is 6.61 Å². The molecule has 0 N–H and O–H groups in total. The Labute approximate surface area is 125 Å². The van der Waals surface area contributed by atoms with Crippen molar-refractivity contribution in [1.82, 2.24) is 4.90 Å². The highest BCUT2D eigenvalue weighted by Gasteiger charge is 2.28. The number of halogens is 3. The van der Waals surface area contributed by atoms with Crippen LogP contribution in [0.5, 0.6) is 0 Å². The van der Waals surface area contributed by atoms with E-state index in [4.69, 9.17) is 4.74 Å². The van der Waals surface area contributed by atoms with Crippen LogP contribution in [0.4, 0.5) is 8.78 Å². The van der Waals surface area contributed by atoms with Crippen molar-refractivity contribution in [2.45, 2.75) is 12.8 Å². The summed E-state index contributed by atoms with van der Waals surface area (Å²) in [4.78, 5) is 13.8. The first kappa shape index (κ1) is 15.4. The maximum atomic E-state index is 13.8. The van der Waals surface area contributed by atoms with Gasteiger partial charge in [-0.05, 0) is 30.9 Å². The van der Waals surface area contributed by atoms with Crippen LogP contribution in [0.3, 0.4) is 0 Å². The van der Waals surface area contributed by atoms with Gasteiger partial charge in [0.15, 0.2) is 0 Å². The predicted octanol–water partition coefficient (Wildman–Crippen LogP) is 3.23. The van der Waals surface area contributed by atoms with Crippen LogP contribution in [0.15, 0.2) is 16.6 Å². The van der Waals surface area contributed by atoms with Gasteiger partial charge in [0, 0.05) is 24.7 Å². The zero-order valence-corrected chi connectivity index (χ0v) is 12.8. The Hall–Kier alpha value is -1.01. The molecule has 0 spiro atoms. The average Bonchev–Trinajstić information content (AvgIpc) is 2.38. The minimum Gasteiger partial charge on any atom is -0.384 e. The molecular weight excluding hydrogens is 332 g/mol. The first-order valence-electron chi connectivity index (χ1n) is 6.45. The highest BCUT2D eigenvalue weighted by atomic mass is 79.9. The molecule has 1 atom stereocenters. The lowest BCUT2D eigenvalue weighted by Gasteiger charge is -2.32. The second kappa shape index (κ2) is 6.63. The number of amides is 1. The first-order chi connectivity index (χ1) is 9.52. The molecule has 6 heteroatoms. The molecule has 1 aromatic rings. The molecule has 1 aromatic carbocycles. The number of nitrogens with zero attached hydrogens (tertiary/aromatic N) is 1. The molecule has 1 aliphatic rings. The van der Waals surface area contributed by atoms with Crippen molar-refractivity contribution >= 4 is 21.8 Å². The van der Waals surface area contributed by atoms with E-state index in [2.05, 4.69) is 15.9 Å². The fourth-order valence-corrected chi connectivity index (χ4v) is 2.93. The van der Waals surface area contributed by atoms with Crippen LogP contribution in [0.2, 0.25) is 0 Å². The fraction of sp³-hybridized carbons (Fsp3) is 0.500. The van der Waals surface area contributed by atoms with E-state index < -0.39 is 23.1 Å². The fourth-order valence-electron chi connectivity index (χ4n) is 2.53. The lowest BCUT2D eigenvalue weighted by Crippen LogP contribution is -2.41. The van der Waals surface area contributed by atoms with E-state index in [1.54, 1.807) is 7.11 Å². The third-order valence-electron chi connectivity index (χ3n) is 3.43. The molecule has 110 valence electrons. The Morgan fingerprint density at radius 2 is 2.10 bits per heavy atom. The Morgan fingerprint density at radius 1 is 1.45 bits per heavy atom. The van der Waals surface area contributed by atoms with E-state index in [0.717, 1.165) is 25.0 Å². The van der Waals surface area contributed by atoms with E-state index in [-0.39, 0.29) is 10.4 Å². The van der Waals surface area contributed by atoms with E-state index >= 15 is 0 Å². The van der Waals surface area contributed by atoms with E-state index in [1.165, 1.54) is 4.90 Å². The minimum atomic E-state index is -0.837. The largest absolute Gasteiger partial charge is 0.384 e. The summed E-state index contributed by atoms with van der Waals surface area (Å²) in [6, 6.07) is 2.21. The van der Waals surface area contributed by atoms with E-state index in [9.17, 15) is 13.6 Å². The van der Waals surface area contributed by atoms with Gasteiger partial charge >= 0.3 is 0 Å². The molecule has 0 bridgehead atoms. The summed E-state index contributed by atoms with van der Waals surface area (Å²) < 4.78 is 33.0. The van der Waals surface area contributed by atoms with Crippen molar-refractivity contribution in [1.29, 1.82) is 0 Å². The van der Waals surface area contributed by atoms with Gasteiger partial charge in [0.1, 0.15) is 17.2 Å². The Morgan fingerprint density at radius 3 is 2.70 bits per heavy atom. The number of hydrogen-bond donors (Lipinski definition) is 0. The van der Waals surface area contributed by atoms with Gasteiger partial charge in [0.25, 0.3) is 5.91 Å². The summed E-state index contributed by atoms with van der Waals surface area (Å²) in [5.41, 5.74) is -0.480. The number of likely N-dealkylation sites (tertiary alicyclic amines) is 1. The van der Waals surface area contributed by atoms with Crippen molar-refractivity contribution in [3.8, 4) is 0 Å². The third-order valence-corrected chi connectivity index (χ3v) is 3.89. The number of carbonyl (C=O) groups excluding carboxylic acids is 1. The van der Waals surface area contributed by atoms with Crippen LogP contribution in [0.25, 0.3) is 0 Å². The van der Waals surface area contributed by atoms with Crippen LogP contribution in [0.1, 0.15) is 23.2 Å². The van der Waals surface area contributed by atoms with Crippen LogP contribution >= 0.6 is 15.9 Å². The first-order valence-corrected chi connectivity index (χ1v) is 7.25. The molecule has 1 unspecified atom stereocenters. The second-order valence-electron chi connectivity index (χ2n) is 4.96.